The normalized spacial score (nSPS) is 27.2. The minimum absolute atomic E-state index is 0.317. The van der Waals surface area contributed by atoms with Crippen molar-refractivity contribution in [3.63, 3.8) is 0 Å². The van der Waals surface area contributed by atoms with Gasteiger partial charge in [-0.15, -0.1) is 0 Å². The van der Waals surface area contributed by atoms with E-state index in [1.165, 1.54) is 31.9 Å². The Morgan fingerprint density at radius 1 is 1.29 bits per heavy atom. The van der Waals surface area contributed by atoms with Crippen molar-refractivity contribution in [1.82, 2.24) is 5.32 Å². The maximum Gasteiger partial charge on any atom is 0.147 e. The molecule has 1 fully saturated rings. The van der Waals surface area contributed by atoms with Gasteiger partial charge in [0.15, 0.2) is 0 Å². The fraction of sp³-hybridized carbons (Fsp3) is 1.00. The van der Waals surface area contributed by atoms with Crippen LogP contribution in [-0.2, 0) is 9.84 Å². The zero-order chi connectivity index (χ0) is 12.9. The summed E-state index contributed by atoms with van der Waals surface area (Å²) in [6.45, 7) is 5.28. The van der Waals surface area contributed by atoms with Crippen molar-refractivity contribution in [1.29, 1.82) is 0 Å². The van der Waals surface area contributed by atoms with E-state index in [1.807, 2.05) is 0 Å². The topological polar surface area (TPSA) is 46.2 Å². The van der Waals surface area contributed by atoms with Gasteiger partial charge in [0.1, 0.15) is 9.84 Å². The van der Waals surface area contributed by atoms with Crippen molar-refractivity contribution in [3.05, 3.63) is 0 Å². The van der Waals surface area contributed by atoms with Crippen molar-refractivity contribution in [2.45, 2.75) is 52.0 Å². The average Bonchev–Trinajstić information content (AvgIpc) is 2.71. The lowest BCUT2D eigenvalue weighted by Gasteiger charge is -2.24. The molecule has 0 aromatic heterocycles. The van der Waals surface area contributed by atoms with Crippen LogP contribution in [0.5, 0.6) is 0 Å². The summed E-state index contributed by atoms with van der Waals surface area (Å²) in [5.74, 6) is 1.86. The Morgan fingerprint density at radius 3 is 2.47 bits per heavy atom. The second kappa shape index (κ2) is 6.74. The fourth-order valence-corrected chi connectivity index (χ4v) is 3.64. The van der Waals surface area contributed by atoms with Gasteiger partial charge in [0, 0.05) is 12.3 Å². The lowest BCUT2D eigenvalue weighted by Crippen LogP contribution is -2.36. The third-order valence-corrected chi connectivity index (χ3v) is 4.97. The van der Waals surface area contributed by atoms with Crippen LogP contribution < -0.4 is 5.32 Å². The van der Waals surface area contributed by atoms with Crippen molar-refractivity contribution in [2.24, 2.45) is 11.8 Å². The number of hydrogen-bond donors (Lipinski definition) is 1. The van der Waals surface area contributed by atoms with Crippen LogP contribution in [0.15, 0.2) is 0 Å². The first-order chi connectivity index (χ1) is 7.96. The lowest BCUT2D eigenvalue weighted by molar-refractivity contribution is 0.343. The molecule has 1 rings (SSSR count). The van der Waals surface area contributed by atoms with Crippen LogP contribution >= 0.6 is 0 Å². The molecule has 17 heavy (non-hydrogen) atoms. The van der Waals surface area contributed by atoms with Crippen LogP contribution in [0.4, 0.5) is 0 Å². The molecule has 1 aliphatic rings. The van der Waals surface area contributed by atoms with Gasteiger partial charge in [0.25, 0.3) is 0 Å². The summed E-state index contributed by atoms with van der Waals surface area (Å²) in [4.78, 5) is 0. The maximum atomic E-state index is 11.2. The Labute approximate surface area is 106 Å². The minimum Gasteiger partial charge on any atom is -0.314 e. The van der Waals surface area contributed by atoms with E-state index in [1.54, 1.807) is 0 Å². The number of hydrogen-bond acceptors (Lipinski definition) is 3. The molecule has 102 valence electrons. The zero-order valence-corrected chi connectivity index (χ0v) is 12.2. The first-order valence-corrected chi connectivity index (χ1v) is 8.93. The van der Waals surface area contributed by atoms with E-state index in [2.05, 4.69) is 19.2 Å². The van der Waals surface area contributed by atoms with Gasteiger partial charge in [-0.05, 0) is 37.6 Å². The summed E-state index contributed by atoms with van der Waals surface area (Å²) < 4.78 is 22.5. The van der Waals surface area contributed by atoms with E-state index in [0.717, 1.165) is 18.9 Å². The van der Waals surface area contributed by atoms with E-state index >= 15 is 0 Å². The molecule has 3 unspecified atom stereocenters. The van der Waals surface area contributed by atoms with Crippen molar-refractivity contribution < 1.29 is 8.42 Å². The fourth-order valence-electron chi connectivity index (χ4n) is 2.96. The van der Waals surface area contributed by atoms with Crippen LogP contribution in [0.25, 0.3) is 0 Å². The molecule has 1 N–H and O–H groups in total. The van der Waals surface area contributed by atoms with Crippen LogP contribution in [0, 0.1) is 11.8 Å². The van der Waals surface area contributed by atoms with Gasteiger partial charge in [-0.2, -0.15) is 0 Å². The summed E-state index contributed by atoms with van der Waals surface area (Å²) >= 11 is 0. The summed E-state index contributed by atoms with van der Waals surface area (Å²) in [5.41, 5.74) is 0. The van der Waals surface area contributed by atoms with Gasteiger partial charge in [-0.25, -0.2) is 8.42 Å². The second-order valence-electron chi connectivity index (χ2n) is 5.43. The van der Waals surface area contributed by atoms with E-state index < -0.39 is 9.84 Å². The van der Waals surface area contributed by atoms with E-state index in [9.17, 15) is 8.42 Å². The molecule has 3 nitrogen and oxygen atoms in total. The van der Waals surface area contributed by atoms with Gasteiger partial charge in [0.05, 0.1) is 5.75 Å². The molecule has 4 heteroatoms. The quantitative estimate of drug-likeness (QED) is 0.764. The van der Waals surface area contributed by atoms with E-state index in [4.69, 9.17) is 0 Å². The highest BCUT2D eigenvalue weighted by Crippen LogP contribution is 2.35. The van der Waals surface area contributed by atoms with Gasteiger partial charge >= 0.3 is 0 Å². The predicted octanol–water partition coefficient (Wildman–Crippen LogP) is 2.23. The molecule has 0 saturated heterocycles. The highest BCUT2D eigenvalue weighted by molar-refractivity contribution is 7.90. The van der Waals surface area contributed by atoms with E-state index in [-0.39, 0.29) is 0 Å². The Morgan fingerprint density at radius 2 is 2.00 bits per heavy atom. The average molecular weight is 261 g/mol. The highest BCUT2D eigenvalue weighted by Gasteiger charge is 2.29. The third kappa shape index (κ3) is 5.38. The van der Waals surface area contributed by atoms with Gasteiger partial charge in [0.2, 0.25) is 0 Å². The first kappa shape index (κ1) is 15.0. The predicted molar refractivity (Wildman–Crippen MR) is 72.9 cm³/mol. The first-order valence-electron chi connectivity index (χ1n) is 6.87. The Bertz CT molecular complexity index is 313. The highest BCUT2D eigenvalue weighted by atomic mass is 32.2. The second-order valence-corrected chi connectivity index (χ2v) is 7.69. The SMILES string of the molecule is CCNC(CCS(C)(=O)=O)C1CCC(CC)C1. The summed E-state index contributed by atoms with van der Waals surface area (Å²) in [7, 11) is -2.83. The molecule has 0 aromatic rings. The summed E-state index contributed by atoms with van der Waals surface area (Å²) in [5, 5.41) is 3.48. The number of rotatable bonds is 7. The molecule has 0 heterocycles. The standard InChI is InChI=1S/C13H27NO2S/c1-4-11-6-7-12(10-11)13(14-5-2)8-9-17(3,15)16/h11-14H,4-10H2,1-3H3. The van der Waals surface area contributed by atoms with Crippen LogP contribution in [-0.4, -0.2) is 33.0 Å². The van der Waals surface area contributed by atoms with Crippen LogP contribution in [0.3, 0.4) is 0 Å². The molecule has 3 atom stereocenters. The molecular formula is C13H27NO2S. The number of sulfone groups is 1. The molecular weight excluding hydrogens is 234 g/mol. The summed E-state index contributed by atoms with van der Waals surface area (Å²) in [6.07, 6.45) is 7.23. The molecule has 0 radical (unpaired) electrons. The molecule has 1 saturated carbocycles. The molecule has 0 aromatic carbocycles. The third-order valence-electron chi connectivity index (χ3n) is 3.99. The number of nitrogens with one attached hydrogen (secondary N) is 1. The molecule has 0 amide bonds. The largest absolute Gasteiger partial charge is 0.314 e. The lowest BCUT2D eigenvalue weighted by atomic mass is 9.94. The minimum atomic E-state index is -2.83. The van der Waals surface area contributed by atoms with Crippen molar-refractivity contribution in [3.8, 4) is 0 Å². The van der Waals surface area contributed by atoms with Crippen LogP contribution in [0.2, 0.25) is 0 Å². The molecule has 0 spiro atoms. The zero-order valence-electron chi connectivity index (χ0n) is 11.4. The molecule has 0 bridgehead atoms. The van der Waals surface area contributed by atoms with Gasteiger partial charge < -0.3 is 5.32 Å². The molecule has 0 aliphatic heterocycles. The van der Waals surface area contributed by atoms with Gasteiger partial charge in [-0.1, -0.05) is 26.7 Å². The summed E-state index contributed by atoms with van der Waals surface area (Å²) in [6, 6.07) is 0.395. The maximum absolute atomic E-state index is 11.2. The Hall–Kier alpha value is -0.0900. The van der Waals surface area contributed by atoms with Crippen molar-refractivity contribution >= 4 is 9.84 Å². The van der Waals surface area contributed by atoms with Crippen molar-refractivity contribution in [2.75, 3.05) is 18.6 Å². The van der Waals surface area contributed by atoms with Crippen LogP contribution in [0.1, 0.15) is 46.0 Å². The molecule has 1 aliphatic carbocycles. The Kier molecular flexibility index (Phi) is 5.93. The monoisotopic (exact) mass is 261 g/mol. The van der Waals surface area contributed by atoms with E-state index in [0.29, 0.717) is 17.7 Å². The van der Waals surface area contributed by atoms with Gasteiger partial charge in [-0.3, -0.25) is 0 Å². The Balaban J connectivity index is 2.48. The smallest absolute Gasteiger partial charge is 0.147 e.